The maximum atomic E-state index is 9.85. The fourth-order valence-corrected chi connectivity index (χ4v) is 2.61. The van der Waals surface area contributed by atoms with Gasteiger partial charge in [-0.15, -0.1) is 11.3 Å². The van der Waals surface area contributed by atoms with E-state index in [4.69, 9.17) is 9.47 Å². The number of phenolic OH excluding ortho intramolecular Hbond substituents is 1. The van der Waals surface area contributed by atoms with Gasteiger partial charge < -0.3 is 19.9 Å². The Morgan fingerprint density at radius 2 is 1.85 bits per heavy atom. The highest BCUT2D eigenvalue weighted by molar-refractivity contribution is 7.09. The quantitative estimate of drug-likeness (QED) is 0.857. The number of methoxy groups -OCH3 is 2. The van der Waals surface area contributed by atoms with Gasteiger partial charge >= 0.3 is 0 Å². The molecule has 108 valence electrons. The number of hydrogen-bond acceptors (Lipinski definition) is 6. The maximum Gasteiger partial charge on any atom is 0.200 e. The lowest BCUT2D eigenvalue weighted by Gasteiger charge is -2.11. The first-order valence-corrected chi connectivity index (χ1v) is 7.07. The maximum absolute atomic E-state index is 9.85. The molecule has 0 radical (unpaired) electrons. The van der Waals surface area contributed by atoms with Crippen molar-refractivity contribution in [2.24, 2.45) is 0 Å². The molecule has 6 heteroatoms. The molecule has 5 nitrogen and oxygen atoms in total. The van der Waals surface area contributed by atoms with Gasteiger partial charge in [-0.3, -0.25) is 0 Å². The minimum Gasteiger partial charge on any atom is -0.502 e. The van der Waals surface area contributed by atoms with E-state index in [0.717, 1.165) is 17.8 Å². The van der Waals surface area contributed by atoms with Crippen molar-refractivity contribution in [3.63, 3.8) is 0 Å². The highest BCUT2D eigenvalue weighted by Gasteiger charge is 2.11. The molecule has 0 saturated heterocycles. The lowest BCUT2D eigenvalue weighted by atomic mass is 10.2. The molecule has 1 heterocycles. The van der Waals surface area contributed by atoms with E-state index in [1.807, 2.05) is 12.4 Å². The number of ether oxygens (including phenoxy) is 2. The lowest BCUT2D eigenvalue weighted by Crippen LogP contribution is -2.12. The number of thiazole rings is 1. The van der Waals surface area contributed by atoms with Gasteiger partial charge in [0.1, 0.15) is 0 Å². The summed E-state index contributed by atoms with van der Waals surface area (Å²) in [5.74, 6) is 0.849. The van der Waals surface area contributed by atoms with Crippen molar-refractivity contribution in [3.05, 3.63) is 33.8 Å². The standard InChI is InChI=1S/C14H18N2O3S/c1-9-13(20-8-16-9)7-15-6-10-4-11(18-2)14(17)12(5-10)19-3/h4-5,8,15,17H,6-7H2,1-3H3. The molecule has 0 fully saturated rings. The summed E-state index contributed by atoms with van der Waals surface area (Å²) >= 11 is 1.64. The number of rotatable bonds is 6. The Labute approximate surface area is 122 Å². The summed E-state index contributed by atoms with van der Waals surface area (Å²) in [6.45, 7) is 3.42. The van der Waals surface area contributed by atoms with E-state index in [9.17, 15) is 5.11 Å². The average molecular weight is 294 g/mol. The van der Waals surface area contributed by atoms with Gasteiger partial charge in [0.05, 0.1) is 25.4 Å². The number of nitrogens with one attached hydrogen (secondary N) is 1. The monoisotopic (exact) mass is 294 g/mol. The number of phenols is 1. The van der Waals surface area contributed by atoms with E-state index in [0.29, 0.717) is 18.0 Å². The lowest BCUT2D eigenvalue weighted by molar-refractivity contribution is 0.339. The predicted octanol–water partition coefficient (Wildman–Crippen LogP) is 2.46. The Morgan fingerprint density at radius 3 is 2.35 bits per heavy atom. The zero-order valence-electron chi connectivity index (χ0n) is 11.8. The average Bonchev–Trinajstić information content (AvgIpc) is 2.86. The first kappa shape index (κ1) is 14.6. The van der Waals surface area contributed by atoms with Crippen LogP contribution < -0.4 is 14.8 Å². The molecule has 0 aliphatic carbocycles. The topological polar surface area (TPSA) is 63.6 Å². The Morgan fingerprint density at radius 1 is 1.20 bits per heavy atom. The first-order chi connectivity index (χ1) is 9.65. The van der Waals surface area contributed by atoms with E-state index in [-0.39, 0.29) is 5.75 Å². The second-order valence-corrected chi connectivity index (χ2v) is 5.25. The molecule has 0 saturated carbocycles. The van der Waals surface area contributed by atoms with Gasteiger partial charge in [-0.05, 0) is 24.6 Å². The third-order valence-corrected chi connectivity index (χ3v) is 3.93. The van der Waals surface area contributed by atoms with Gasteiger partial charge in [-0.2, -0.15) is 0 Å². The van der Waals surface area contributed by atoms with Crippen molar-refractivity contribution in [1.29, 1.82) is 0 Å². The van der Waals surface area contributed by atoms with Crippen LogP contribution in [0.4, 0.5) is 0 Å². The molecule has 0 bridgehead atoms. The Balaban J connectivity index is 2.04. The van der Waals surface area contributed by atoms with Crippen LogP contribution in [0.25, 0.3) is 0 Å². The first-order valence-electron chi connectivity index (χ1n) is 6.19. The molecule has 2 aromatic rings. The second-order valence-electron chi connectivity index (χ2n) is 4.31. The van der Waals surface area contributed by atoms with Crippen molar-refractivity contribution in [3.8, 4) is 17.2 Å². The SMILES string of the molecule is COc1cc(CNCc2scnc2C)cc(OC)c1O. The van der Waals surface area contributed by atoms with Gasteiger partial charge in [0.15, 0.2) is 11.5 Å². The largest absolute Gasteiger partial charge is 0.502 e. The predicted molar refractivity (Wildman–Crippen MR) is 78.6 cm³/mol. The van der Waals surface area contributed by atoms with Crippen LogP contribution in [-0.2, 0) is 13.1 Å². The molecule has 0 aliphatic heterocycles. The van der Waals surface area contributed by atoms with E-state index >= 15 is 0 Å². The van der Waals surface area contributed by atoms with Crippen molar-refractivity contribution < 1.29 is 14.6 Å². The Bertz CT molecular complexity index is 559. The molecule has 0 unspecified atom stereocenters. The smallest absolute Gasteiger partial charge is 0.200 e. The summed E-state index contributed by atoms with van der Waals surface area (Å²) in [7, 11) is 3.04. The number of hydrogen-bond donors (Lipinski definition) is 2. The number of aryl methyl sites for hydroxylation is 1. The number of benzene rings is 1. The van der Waals surface area contributed by atoms with Gasteiger partial charge in [0, 0.05) is 18.0 Å². The highest BCUT2D eigenvalue weighted by Crippen LogP contribution is 2.37. The van der Waals surface area contributed by atoms with Gasteiger partial charge in [-0.25, -0.2) is 4.98 Å². The summed E-state index contributed by atoms with van der Waals surface area (Å²) in [5.41, 5.74) is 3.89. The highest BCUT2D eigenvalue weighted by atomic mass is 32.1. The molecule has 2 N–H and O–H groups in total. The van der Waals surface area contributed by atoms with Crippen LogP contribution in [0.15, 0.2) is 17.6 Å². The van der Waals surface area contributed by atoms with Crippen LogP contribution in [-0.4, -0.2) is 24.3 Å². The normalized spacial score (nSPS) is 10.6. The van der Waals surface area contributed by atoms with Crippen molar-refractivity contribution in [2.75, 3.05) is 14.2 Å². The Kier molecular flexibility index (Phi) is 4.81. The second kappa shape index (κ2) is 6.58. The number of aromatic nitrogens is 1. The van der Waals surface area contributed by atoms with Crippen molar-refractivity contribution >= 4 is 11.3 Å². The number of nitrogens with zero attached hydrogens (tertiary/aromatic N) is 1. The summed E-state index contributed by atoms with van der Waals surface area (Å²) in [6.07, 6.45) is 0. The van der Waals surface area contributed by atoms with E-state index in [2.05, 4.69) is 10.3 Å². The van der Waals surface area contributed by atoms with Crippen LogP contribution in [0, 0.1) is 6.92 Å². The van der Waals surface area contributed by atoms with Crippen LogP contribution >= 0.6 is 11.3 Å². The third kappa shape index (κ3) is 3.20. The summed E-state index contributed by atoms with van der Waals surface area (Å²) in [6, 6.07) is 3.59. The van der Waals surface area contributed by atoms with E-state index in [1.165, 1.54) is 19.1 Å². The molecule has 20 heavy (non-hydrogen) atoms. The van der Waals surface area contributed by atoms with Crippen molar-refractivity contribution in [1.82, 2.24) is 10.3 Å². The minimum absolute atomic E-state index is 0.0250. The fourth-order valence-electron chi connectivity index (χ4n) is 1.87. The molecular weight excluding hydrogens is 276 g/mol. The van der Waals surface area contributed by atoms with Crippen molar-refractivity contribution in [2.45, 2.75) is 20.0 Å². The van der Waals surface area contributed by atoms with E-state index < -0.39 is 0 Å². The van der Waals surface area contributed by atoms with Crippen LogP contribution in [0.1, 0.15) is 16.1 Å². The summed E-state index contributed by atoms with van der Waals surface area (Å²) in [4.78, 5) is 5.44. The molecule has 1 aromatic carbocycles. The summed E-state index contributed by atoms with van der Waals surface area (Å²) in [5, 5.41) is 13.2. The van der Waals surface area contributed by atoms with Crippen LogP contribution in [0.5, 0.6) is 17.2 Å². The third-order valence-electron chi connectivity index (χ3n) is 3.00. The molecular formula is C14H18N2O3S. The molecule has 0 atom stereocenters. The molecule has 1 aromatic heterocycles. The van der Waals surface area contributed by atoms with E-state index in [1.54, 1.807) is 23.5 Å². The minimum atomic E-state index is 0.0250. The zero-order chi connectivity index (χ0) is 14.5. The van der Waals surface area contributed by atoms with Crippen LogP contribution in [0.3, 0.4) is 0 Å². The zero-order valence-corrected chi connectivity index (χ0v) is 12.6. The Hall–Kier alpha value is -1.79. The molecule has 0 amide bonds. The molecule has 2 rings (SSSR count). The molecule has 0 spiro atoms. The molecule has 0 aliphatic rings. The van der Waals surface area contributed by atoms with Crippen LogP contribution in [0.2, 0.25) is 0 Å². The van der Waals surface area contributed by atoms with Gasteiger partial charge in [0.2, 0.25) is 5.75 Å². The van der Waals surface area contributed by atoms with Gasteiger partial charge in [-0.1, -0.05) is 0 Å². The summed E-state index contributed by atoms with van der Waals surface area (Å²) < 4.78 is 10.3. The van der Waals surface area contributed by atoms with Gasteiger partial charge in [0.25, 0.3) is 0 Å². The fraction of sp³-hybridized carbons (Fsp3) is 0.357. The number of aromatic hydroxyl groups is 1.